The molecule has 0 unspecified atom stereocenters. The van der Waals surface area contributed by atoms with Gasteiger partial charge in [0, 0.05) is 23.3 Å². The molecule has 0 aliphatic rings. The topological polar surface area (TPSA) is 66.8 Å². The number of carbonyl (C=O) groups is 1. The number of carbonyl (C=O) groups excluding carboxylic acids is 1. The molecule has 2 aromatic rings. The largest absolute Gasteiger partial charge is 0.507 e. The highest BCUT2D eigenvalue weighted by molar-refractivity contribution is 6.04. The third-order valence-corrected chi connectivity index (χ3v) is 3.69. The van der Waals surface area contributed by atoms with Gasteiger partial charge < -0.3 is 14.9 Å². The maximum atomic E-state index is 14.1. The molecule has 0 radical (unpaired) electrons. The summed E-state index contributed by atoms with van der Waals surface area (Å²) in [4.78, 5) is 11.8. The number of halogens is 4. The third kappa shape index (κ3) is 4.51. The fourth-order valence-corrected chi connectivity index (χ4v) is 2.21. The SMILES string of the molecule is C.COc1c(O)cc(F)c(/C=C/C(=O)/C=C/c2c(F)cc(O)c(C)c2F)c1F. The number of allylic oxidation sites excluding steroid dienone is 2. The highest BCUT2D eigenvalue weighted by atomic mass is 19.1. The highest BCUT2D eigenvalue weighted by Gasteiger charge is 2.17. The zero-order chi connectivity index (χ0) is 20.3. The lowest BCUT2D eigenvalue weighted by molar-refractivity contribution is -0.110. The van der Waals surface area contributed by atoms with E-state index >= 15 is 0 Å². The molecule has 0 amide bonds. The number of methoxy groups -OCH3 is 1. The van der Waals surface area contributed by atoms with Crippen molar-refractivity contribution in [3.05, 3.63) is 64.2 Å². The lowest BCUT2D eigenvalue weighted by Gasteiger charge is -2.07. The Hall–Kier alpha value is -3.29. The molecule has 2 rings (SSSR count). The minimum absolute atomic E-state index is 0. The first-order valence-electron chi connectivity index (χ1n) is 7.50. The van der Waals surface area contributed by atoms with E-state index in [0.29, 0.717) is 12.1 Å². The predicted molar refractivity (Wildman–Crippen MR) is 97.1 cm³/mol. The lowest BCUT2D eigenvalue weighted by Crippen LogP contribution is -1.96. The van der Waals surface area contributed by atoms with E-state index in [1.54, 1.807) is 0 Å². The van der Waals surface area contributed by atoms with Crippen molar-refractivity contribution in [3.63, 3.8) is 0 Å². The van der Waals surface area contributed by atoms with Gasteiger partial charge in [-0.15, -0.1) is 0 Å². The van der Waals surface area contributed by atoms with E-state index in [1.165, 1.54) is 6.92 Å². The molecule has 150 valence electrons. The molecule has 8 heteroatoms. The Morgan fingerprint density at radius 3 is 1.89 bits per heavy atom. The number of hydrogen-bond acceptors (Lipinski definition) is 4. The van der Waals surface area contributed by atoms with Crippen LogP contribution in [0.5, 0.6) is 17.2 Å². The molecule has 2 N–H and O–H groups in total. The van der Waals surface area contributed by atoms with Crippen molar-refractivity contribution in [2.24, 2.45) is 0 Å². The molecule has 0 bridgehead atoms. The lowest BCUT2D eigenvalue weighted by atomic mass is 10.1. The van der Waals surface area contributed by atoms with Gasteiger partial charge in [0.25, 0.3) is 0 Å². The van der Waals surface area contributed by atoms with Gasteiger partial charge in [-0.2, -0.15) is 0 Å². The summed E-state index contributed by atoms with van der Waals surface area (Å²) in [5, 5.41) is 18.7. The Bertz CT molecular complexity index is 966. The highest BCUT2D eigenvalue weighted by Crippen LogP contribution is 2.33. The number of rotatable bonds is 5. The van der Waals surface area contributed by atoms with Crippen molar-refractivity contribution >= 4 is 17.9 Å². The molecular weight excluding hydrogens is 380 g/mol. The van der Waals surface area contributed by atoms with Crippen LogP contribution in [-0.2, 0) is 4.79 Å². The number of aromatic hydroxyl groups is 2. The van der Waals surface area contributed by atoms with Gasteiger partial charge in [0.1, 0.15) is 23.2 Å². The van der Waals surface area contributed by atoms with E-state index in [9.17, 15) is 32.6 Å². The summed E-state index contributed by atoms with van der Waals surface area (Å²) in [7, 11) is 1.07. The Labute approximate surface area is 159 Å². The summed E-state index contributed by atoms with van der Waals surface area (Å²) in [5.41, 5.74) is -1.38. The molecule has 0 saturated heterocycles. The second kappa shape index (κ2) is 9.07. The summed E-state index contributed by atoms with van der Waals surface area (Å²) < 4.78 is 60.1. The van der Waals surface area contributed by atoms with Crippen molar-refractivity contribution in [1.29, 1.82) is 0 Å². The molecule has 0 fully saturated rings. The van der Waals surface area contributed by atoms with Gasteiger partial charge in [-0.05, 0) is 31.2 Å². The minimum atomic E-state index is -1.21. The first-order chi connectivity index (χ1) is 12.7. The van der Waals surface area contributed by atoms with Crippen LogP contribution in [0.15, 0.2) is 24.3 Å². The number of benzene rings is 2. The maximum Gasteiger partial charge on any atom is 0.197 e. The van der Waals surface area contributed by atoms with Crippen LogP contribution >= 0.6 is 0 Å². The van der Waals surface area contributed by atoms with Gasteiger partial charge in [-0.3, -0.25) is 4.79 Å². The molecule has 0 aliphatic carbocycles. The van der Waals surface area contributed by atoms with E-state index < -0.39 is 57.4 Å². The average molecular weight is 398 g/mol. The fourth-order valence-electron chi connectivity index (χ4n) is 2.21. The first kappa shape index (κ1) is 22.8. The van der Waals surface area contributed by atoms with Crippen molar-refractivity contribution in [2.45, 2.75) is 14.4 Å². The first-order valence-corrected chi connectivity index (χ1v) is 7.50. The number of hydrogen-bond donors (Lipinski definition) is 2. The number of phenolic OH excluding ortho intramolecular Hbond substituents is 2. The summed E-state index contributed by atoms with van der Waals surface area (Å²) in [6.07, 6.45) is 3.21. The second-order valence-corrected chi connectivity index (χ2v) is 5.44. The zero-order valence-electron chi connectivity index (χ0n) is 14.2. The molecule has 0 saturated carbocycles. The van der Waals surface area contributed by atoms with Crippen LogP contribution in [0, 0.1) is 30.2 Å². The predicted octanol–water partition coefficient (Wildman–Crippen LogP) is 4.90. The van der Waals surface area contributed by atoms with Gasteiger partial charge in [-0.25, -0.2) is 17.6 Å². The molecule has 28 heavy (non-hydrogen) atoms. The molecular formula is C20H18F4O4. The summed E-state index contributed by atoms with van der Waals surface area (Å²) in [5.74, 6) is -7.19. The summed E-state index contributed by atoms with van der Waals surface area (Å²) in [6.45, 7) is 1.23. The molecule has 0 aliphatic heterocycles. The quantitative estimate of drug-likeness (QED) is 0.555. The van der Waals surface area contributed by atoms with Crippen LogP contribution in [0.25, 0.3) is 12.2 Å². The van der Waals surface area contributed by atoms with Gasteiger partial charge in [0.15, 0.2) is 23.1 Å². The summed E-state index contributed by atoms with van der Waals surface area (Å²) in [6, 6.07) is 1.32. The van der Waals surface area contributed by atoms with Crippen LogP contribution in [0.3, 0.4) is 0 Å². The van der Waals surface area contributed by atoms with Gasteiger partial charge in [0.2, 0.25) is 0 Å². The monoisotopic (exact) mass is 398 g/mol. The fraction of sp³-hybridized carbons (Fsp3) is 0.150. The second-order valence-electron chi connectivity index (χ2n) is 5.44. The van der Waals surface area contributed by atoms with E-state index in [2.05, 4.69) is 4.74 Å². The van der Waals surface area contributed by atoms with Crippen molar-refractivity contribution in [2.75, 3.05) is 7.11 Å². The molecule has 0 atom stereocenters. The van der Waals surface area contributed by atoms with Crippen LogP contribution < -0.4 is 4.74 Å². The van der Waals surface area contributed by atoms with Gasteiger partial charge in [0.05, 0.1) is 12.7 Å². The molecule has 0 aromatic heterocycles. The normalized spacial score (nSPS) is 11.1. The Morgan fingerprint density at radius 2 is 1.39 bits per heavy atom. The van der Waals surface area contributed by atoms with Crippen LogP contribution in [0.2, 0.25) is 0 Å². The smallest absolute Gasteiger partial charge is 0.197 e. The van der Waals surface area contributed by atoms with E-state index in [4.69, 9.17) is 0 Å². The Balaban J connectivity index is 0.00000392. The number of phenols is 2. The van der Waals surface area contributed by atoms with Crippen molar-refractivity contribution < 1.29 is 37.3 Å². The van der Waals surface area contributed by atoms with Crippen molar-refractivity contribution in [3.8, 4) is 17.2 Å². The molecule has 4 nitrogen and oxygen atoms in total. The minimum Gasteiger partial charge on any atom is -0.507 e. The third-order valence-electron chi connectivity index (χ3n) is 3.69. The van der Waals surface area contributed by atoms with Crippen LogP contribution in [0.1, 0.15) is 24.1 Å². The van der Waals surface area contributed by atoms with Crippen molar-refractivity contribution in [1.82, 2.24) is 0 Å². The Kier molecular flexibility index (Phi) is 7.37. The van der Waals surface area contributed by atoms with E-state index in [0.717, 1.165) is 31.4 Å². The zero-order valence-corrected chi connectivity index (χ0v) is 14.2. The average Bonchev–Trinajstić information content (AvgIpc) is 2.59. The number of ketones is 1. The van der Waals surface area contributed by atoms with Gasteiger partial charge >= 0.3 is 0 Å². The standard InChI is InChI=1S/C19H14F4O4.CH4/c1-9-15(25)7-13(20)11(17(9)22)5-3-10(24)4-6-12-14(21)8-16(26)19(27-2)18(12)23;/h3-8,25-26H,1-2H3;1H4/b5-3+,6-4+;. The molecule has 2 aromatic carbocycles. The Morgan fingerprint density at radius 1 is 0.929 bits per heavy atom. The summed E-state index contributed by atoms with van der Waals surface area (Å²) >= 11 is 0. The van der Waals surface area contributed by atoms with Crippen LogP contribution in [-0.4, -0.2) is 23.1 Å². The van der Waals surface area contributed by atoms with Gasteiger partial charge in [-0.1, -0.05) is 7.43 Å². The molecule has 0 spiro atoms. The van der Waals surface area contributed by atoms with Crippen LogP contribution in [0.4, 0.5) is 17.6 Å². The van der Waals surface area contributed by atoms with E-state index in [-0.39, 0.29) is 13.0 Å². The number of ether oxygens (including phenoxy) is 1. The van der Waals surface area contributed by atoms with E-state index in [1.807, 2.05) is 0 Å². The molecule has 0 heterocycles. The maximum absolute atomic E-state index is 14.1.